The van der Waals surface area contributed by atoms with Gasteiger partial charge in [-0.25, -0.2) is 0 Å². The summed E-state index contributed by atoms with van der Waals surface area (Å²) in [5.74, 6) is -0.944. The van der Waals surface area contributed by atoms with E-state index >= 15 is 0 Å². The molecule has 0 bridgehead atoms. The summed E-state index contributed by atoms with van der Waals surface area (Å²) in [5, 5.41) is 50.5. The number of ether oxygens (including phenoxy) is 2. The van der Waals surface area contributed by atoms with Crippen molar-refractivity contribution in [3.63, 3.8) is 0 Å². The van der Waals surface area contributed by atoms with Gasteiger partial charge in [0.25, 0.3) is 0 Å². The third-order valence-corrected chi connectivity index (χ3v) is 11.8. The van der Waals surface area contributed by atoms with E-state index in [0.29, 0.717) is 12.8 Å². The van der Waals surface area contributed by atoms with E-state index in [1.165, 1.54) is 116 Å². The highest BCUT2D eigenvalue weighted by molar-refractivity contribution is 7.53. The molecule has 1 aliphatic rings. The fourth-order valence-electron chi connectivity index (χ4n) is 6.98. The molecule has 0 saturated heterocycles. The Morgan fingerprint density at radius 3 is 1.20 bits per heavy atom. The second-order valence-corrected chi connectivity index (χ2v) is 17.9. The van der Waals surface area contributed by atoms with E-state index in [9.17, 15) is 39.7 Å². The summed E-state index contributed by atoms with van der Waals surface area (Å²) in [6, 6.07) is 0. The second kappa shape index (κ2) is 32.8. The maximum Gasteiger partial charge on any atom is 0.328 e. The van der Waals surface area contributed by atoms with Crippen LogP contribution in [0.25, 0.3) is 0 Å². The Morgan fingerprint density at radius 1 is 0.491 bits per heavy atom. The van der Waals surface area contributed by atoms with Crippen molar-refractivity contribution in [1.82, 2.24) is 0 Å². The summed E-state index contributed by atoms with van der Waals surface area (Å²) in [7, 11) is -4.10. The number of carbonyl (C=O) groups excluding carboxylic acids is 2. The van der Waals surface area contributed by atoms with Crippen molar-refractivity contribution in [2.45, 2.75) is 236 Å². The van der Waals surface area contributed by atoms with Gasteiger partial charge >= 0.3 is 19.5 Å². The highest BCUT2D eigenvalue weighted by atomic mass is 31.2. The molecule has 1 aliphatic carbocycles. The highest BCUT2D eigenvalue weighted by Gasteiger charge is 2.50. The first-order chi connectivity index (χ1) is 26.4. The van der Waals surface area contributed by atoms with Gasteiger partial charge in [-0.15, -0.1) is 0 Å². The number of hydrogen-bond donors (Lipinski definition) is 5. The minimum absolute atomic E-state index is 0.167. The molecule has 0 spiro atoms. The lowest BCUT2D eigenvalue weighted by molar-refractivity contribution is -0.218. The molecule has 5 N–H and O–H groups in total. The summed E-state index contributed by atoms with van der Waals surface area (Å²) in [6.07, 6.45) is 19.0. The number of hydrogen-bond acceptors (Lipinski definition) is 12. The van der Waals surface area contributed by atoms with Crippen molar-refractivity contribution >= 4 is 19.5 Å². The number of aliphatic hydroxyl groups is 5. The predicted molar refractivity (Wildman–Crippen MR) is 216 cm³/mol. The van der Waals surface area contributed by atoms with Crippen molar-refractivity contribution < 1.29 is 58.2 Å². The molecule has 0 aliphatic heterocycles. The van der Waals surface area contributed by atoms with Gasteiger partial charge in [0.2, 0.25) is 0 Å². The molecule has 0 radical (unpaired) electrons. The molecule has 0 aromatic rings. The van der Waals surface area contributed by atoms with E-state index < -0.39 is 68.9 Å². The predicted octanol–water partition coefficient (Wildman–Crippen LogP) is 8.45. The number of rotatable bonds is 36. The van der Waals surface area contributed by atoms with E-state index in [4.69, 9.17) is 18.5 Å². The van der Waals surface area contributed by atoms with E-state index in [2.05, 4.69) is 13.8 Å². The van der Waals surface area contributed by atoms with Crippen LogP contribution in [-0.4, -0.2) is 100 Å². The molecule has 0 aromatic heterocycles. The van der Waals surface area contributed by atoms with Crippen molar-refractivity contribution in [3.05, 3.63) is 0 Å². The molecule has 1 saturated carbocycles. The van der Waals surface area contributed by atoms with Gasteiger partial charge in [0.1, 0.15) is 43.2 Å². The standard InChI is InChI=1S/C42H81O12P/c1-4-6-8-10-12-14-16-18-20-22-24-26-28-30-35(43)51-32-34(33-52-55(3,50)54-42-40(48)38(46)37(45)39(47)41(42)49)53-36(44)31-29-27-25-23-21-19-17-15-13-11-9-7-5-2/h34,37-42,45-49H,4-33H2,1-3H3/t34-,37?,38-,39+,40-,41-,42?,55?/m1/s1. The van der Waals surface area contributed by atoms with Crippen LogP contribution in [0, 0.1) is 0 Å². The minimum atomic E-state index is -4.10. The fourth-order valence-corrected chi connectivity index (χ4v) is 8.17. The molecule has 0 amide bonds. The monoisotopic (exact) mass is 809 g/mol. The third kappa shape index (κ3) is 25.8. The van der Waals surface area contributed by atoms with E-state index in [0.717, 1.165) is 45.2 Å². The number of carbonyl (C=O) groups is 2. The molecule has 13 heteroatoms. The van der Waals surface area contributed by atoms with E-state index in [1.54, 1.807) is 0 Å². The first kappa shape index (κ1) is 51.9. The fraction of sp³-hybridized carbons (Fsp3) is 0.952. The van der Waals surface area contributed by atoms with Crippen LogP contribution in [0.4, 0.5) is 0 Å². The van der Waals surface area contributed by atoms with Crippen molar-refractivity contribution in [2.75, 3.05) is 19.9 Å². The third-order valence-electron chi connectivity index (χ3n) is 10.6. The molecule has 12 nitrogen and oxygen atoms in total. The second-order valence-electron chi connectivity index (χ2n) is 15.9. The molecular weight excluding hydrogens is 727 g/mol. The van der Waals surface area contributed by atoms with Crippen LogP contribution in [-0.2, 0) is 32.7 Å². The average molecular weight is 809 g/mol. The van der Waals surface area contributed by atoms with Gasteiger partial charge in [-0.1, -0.05) is 168 Å². The Labute approximate surface area is 333 Å². The largest absolute Gasteiger partial charge is 0.462 e. The molecule has 3 unspecified atom stereocenters. The Morgan fingerprint density at radius 2 is 0.818 bits per heavy atom. The zero-order chi connectivity index (χ0) is 40.7. The summed E-state index contributed by atoms with van der Waals surface area (Å²) >= 11 is 0. The lowest BCUT2D eigenvalue weighted by Crippen LogP contribution is -2.64. The molecule has 326 valence electrons. The Hall–Kier alpha value is -1.11. The van der Waals surface area contributed by atoms with Gasteiger partial charge < -0.3 is 39.5 Å². The van der Waals surface area contributed by atoms with Crippen LogP contribution in [0.1, 0.15) is 194 Å². The van der Waals surface area contributed by atoms with Crippen molar-refractivity contribution in [3.8, 4) is 0 Å². The van der Waals surface area contributed by atoms with E-state index in [-0.39, 0.29) is 19.4 Å². The van der Waals surface area contributed by atoms with Gasteiger partial charge in [-0.3, -0.25) is 18.7 Å². The first-order valence-corrected chi connectivity index (χ1v) is 24.1. The molecule has 1 fully saturated rings. The SMILES string of the molecule is CCCCCCCCCCCCCCCC(=O)OC[C@H](COP(C)(=O)OC1[C@H](O)[C@H](O)C(O)[C@H](O)[C@H]1O)OC(=O)CCCCCCCCCCCCCCC. The Kier molecular flexibility index (Phi) is 31.0. The van der Waals surface area contributed by atoms with Crippen LogP contribution in [0.15, 0.2) is 0 Å². The van der Waals surface area contributed by atoms with Crippen LogP contribution in [0.3, 0.4) is 0 Å². The summed E-state index contributed by atoms with van der Waals surface area (Å²) < 4.78 is 35.0. The Balaban J connectivity index is 2.48. The van der Waals surface area contributed by atoms with Gasteiger partial charge in [0.05, 0.1) is 6.61 Å². The summed E-state index contributed by atoms with van der Waals surface area (Å²) in [5.41, 5.74) is 0. The average Bonchev–Trinajstić information content (AvgIpc) is 3.16. The van der Waals surface area contributed by atoms with Crippen LogP contribution >= 0.6 is 7.60 Å². The minimum Gasteiger partial charge on any atom is -0.462 e. The molecule has 0 aromatic carbocycles. The zero-order valence-electron chi connectivity index (χ0n) is 34.8. The lowest BCUT2D eigenvalue weighted by Gasteiger charge is -2.42. The molecule has 0 heterocycles. The van der Waals surface area contributed by atoms with Crippen LogP contribution in [0.5, 0.6) is 0 Å². The molecule has 1 rings (SSSR count). The molecule has 8 atom stereocenters. The number of esters is 2. The van der Waals surface area contributed by atoms with Crippen LogP contribution < -0.4 is 0 Å². The van der Waals surface area contributed by atoms with Gasteiger partial charge in [0, 0.05) is 19.5 Å². The maximum atomic E-state index is 13.2. The highest BCUT2D eigenvalue weighted by Crippen LogP contribution is 2.47. The smallest absolute Gasteiger partial charge is 0.328 e. The summed E-state index contributed by atoms with van der Waals surface area (Å²) in [6.45, 7) is 4.73. The van der Waals surface area contributed by atoms with Gasteiger partial charge in [-0.05, 0) is 12.8 Å². The van der Waals surface area contributed by atoms with Gasteiger partial charge in [-0.2, -0.15) is 0 Å². The molecular formula is C42H81O12P. The lowest BCUT2D eigenvalue weighted by atomic mass is 9.85. The topological polar surface area (TPSA) is 189 Å². The van der Waals surface area contributed by atoms with Crippen molar-refractivity contribution in [2.24, 2.45) is 0 Å². The van der Waals surface area contributed by atoms with E-state index in [1.807, 2.05) is 0 Å². The first-order valence-electron chi connectivity index (χ1n) is 22.1. The van der Waals surface area contributed by atoms with Crippen molar-refractivity contribution in [1.29, 1.82) is 0 Å². The number of unbranched alkanes of at least 4 members (excludes halogenated alkanes) is 24. The maximum absolute atomic E-state index is 13.2. The molecule has 55 heavy (non-hydrogen) atoms. The van der Waals surface area contributed by atoms with Gasteiger partial charge in [0.15, 0.2) is 6.10 Å². The Bertz CT molecular complexity index is 984. The quantitative estimate of drug-likeness (QED) is 0.0231. The zero-order valence-corrected chi connectivity index (χ0v) is 35.7. The number of aliphatic hydroxyl groups excluding tert-OH is 5. The summed E-state index contributed by atoms with van der Waals surface area (Å²) in [4.78, 5) is 25.3. The van der Waals surface area contributed by atoms with Crippen LogP contribution in [0.2, 0.25) is 0 Å². The normalized spacial score (nSPS) is 23.0.